The molecule has 5 rings (SSSR count). The summed E-state index contributed by atoms with van der Waals surface area (Å²) in [5.74, 6) is 7.46. The number of carbonyl (C=O) groups is 1. The van der Waals surface area contributed by atoms with Crippen molar-refractivity contribution in [2.24, 2.45) is 11.6 Å². The van der Waals surface area contributed by atoms with Crippen LogP contribution in [0.15, 0.2) is 79.1 Å². The zero-order valence-corrected chi connectivity index (χ0v) is 22.9. The zero-order valence-electron chi connectivity index (χ0n) is 22.2. The molecule has 0 saturated carbocycles. The van der Waals surface area contributed by atoms with E-state index < -0.39 is 12.1 Å². The summed E-state index contributed by atoms with van der Waals surface area (Å²) in [6, 6.07) is 20.1. The molecule has 5 N–H and O–H groups in total. The van der Waals surface area contributed by atoms with E-state index in [2.05, 4.69) is 4.98 Å². The molecule has 10 heteroatoms. The average Bonchev–Trinajstić information content (AvgIpc) is 3.33. The summed E-state index contributed by atoms with van der Waals surface area (Å²) in [5, 5.41) is 3.21. The molecule has 1 aromatic heterocycles. The number of para-hydroxylation sites is 1. The molecule has 1 amide bonds. The number of H-pyrrole nitrogens is 1. The number of nitrogens with zero attached hydrogens (tertiary/aromatic N) is 2. The molecule has 1 aliphatic heterocycles. The summed E-state index contributed by atoms with van der Waals surface area (Å²) in [5.41, 5.74) is 9.23. The zero-order chi connectivity index (χ0) is 28.1. The van der Waals surface area contributed by atoms with Gasteiger partial charge in [0.2, 0.25) is 0 Å². The lowest BCUT2D eigenvalue weighted by Crippen LogP contribution is -2.42. The van der Waals surface area contributed by atoms with Gasteiger partial charge in [0, 0.05) is 53.5 Å². The van der Waals surface area contributed by atoms with E-state index >= 15 is 0 Å². The summed E-state index contributed by atoms with van der Waals surface area (Å²) in [7, 11) is 1.60. The molecule has 1 unspecified atom stereocenters. The first-order valence-electron chi connectivity index (χ1n) is 13.0. The number of fused-ring (bicyclic) bond motifs is 3. The number of carbonyl (C=O) groups excluding carboxylic acids is 1. The summed E-state index contributed by atoms with van der Waals surface area (Å²) >= 11 is 6.34. The molecule has 0 fully saturated rings. The Kier molecular flexibility index (Phi) is 8.33. The Bertz CT molecular complexity index is 1510. The van der Waals surface area contributed by atoms with Crippen molar-refractivity contribution in [2.45, 2.75) is 18.9 Å². The number of hydrogen-bond donors (Lipinski definition) is 3. The van der Waals surface area contributed by atoms with Gasteiger partial charge in [-0.3, -0.25) is 4.90 Å². The van der Waals surface area contributed by atoms with Crippen molar-refractivity contribution in [1.82, 2.24) is 14.9 Å². The third-order valence-corrected chi connectivity index (χ3v) is 7.11. The van der Waals surface area contributed by atoms with Gasteiger partial charge in [-0.1, -0.05) is 35.9 Å². The van der Waals surface area contributed by atoms with Crippen molar-refractivity contribution in [3.63, 3.8) is 0 Å². The van der Waals surface area contributed by atoms with Gasteiger partial charge >= 0.3 is 6.09 Å². The molecule has 0 bridgehead atoms. The lowest BCUT2D eigenvalue weighted by molar-refractivity contribution is 0.135. The maximum Gasteiger partial charge on any atom is 0.416 e. The molecule has 9 nitrogen and oxygen atoms in total. The second-order valence-corrected chi connectivity index (χ2v) is 9.86. The number of amides is 1. The van der Waals surface area contributed by atoms with E-state index in [1.54, 1.807) is 30.3 Å². The molecular weight excluding hydrogens is 530 g/mol. The highest BCUT2D eigenvalue weighted by Crippen LogP contribution is 2.41. The van der Waals surface area contributed by atoms with Crippen LogP contribution in [0.2, 0.25) is 5.02 Å². The van der Waals surface area contributed by atoms with E-state index in [0.29, 0.717) is 54.8 Å². The van der Waals surface area contributed by atoms with Gasteiger partial charge in [0.15, 0.2) is 11.5 Å². The number of rotatable bonds is 9. The topological polar surface area (TPSA) is 119 Å². The van der Waals surface area contributed by atoms with Crippen LogP contribution >= 0.6 is 11.6 Å². The quantitative estimate of drug-likeness (QED) is 0.143. The fraction of sp³-hybridized carbons (Fsp3) is 0.233. The maximum absolute atomic E-state index is 13.5. The lowest BCUT2D eigenvalue weighted by atomic mass is 9.92. The van der Waals surface area contributed by atoms with Gasteiger partial charge in [-0.2, -0.15) is 0 Å². The Balaban J connectivity index is 1.46. The molecule has 208 valence electrons. The molecule has 0 radical (unpaired) electrons. The number of ether oxygens (including phenoxy) is 3. The Morgan fingerprint density at radius 3 is 2.75 bits per heavy atom. The molecule has 2 heterocycles. The molecule has 1 atom stereocenters. The van der Waals surface area contributed by atoms with Crippen molar-refractivity contribution in [2.75, 3.05) is 26.8 Å². The van der Waals surface area contributed by atoms with Crippen LogP contribution < -0.4 is 25.8 Å². The first-order valence-corrected chi connectivity index (χ1v) is 13.4. The molecule has 40 heavy (non-hydrogen) atoms. The molecule has 3 aromatic carbocycles. The molecule has 1 aliphatic rings. The smallest absolute Gasteiger partial charge is 0.416 e. The number of aromatic nitrogens is 1. The van der Waals surface area contributed by atoms with Crippen LogP contribution in [-0.2, 0) is 6.42 Å². The van der Waals surface area contributed by atoms with Crippen LogP contribution in [0.4, 0.5) is 4.79 Å². The van der Waals surface area contributed by atoms with Gasteiger partial charge in [-0.25, -0.2) is 10.6 Å². The second kappa shape index (κ2) is 12.2. The molecule has 0 aliphatic carbocycles. The predicted octanol–water partition coefficient (Wildman–Crippen LogP) is 5.35. The number of benzene rings is 3. The monoisotopic (exact) mass is 561 g/mol. The van der Waals surface area contributed by atoms with Crippen LogP contribution in [0.1, 0.15) is 29.3 Å². The number of nitrogens with two attached hydrogens (primary N) is 2. The normalized spacial score (nSPS) is 14.8. The Labute approximate surface area is 237 Å². The highest BCUT2D eigenvalue weighted by molar-refractivity contribution is 6.31. The van der Waals surface area contributed by atoms with Crippen molar-refractivity contribution in [3.05, 3.63) is 101 Å². The fourth-order valence-electron chi connectivity index (χ4n) is 5.04. The fourth-order valence-corrected chi connectivity index (χ4v) is 5.21. The van der Waals surface area contributed by atoms with E-state index in [1.807, 2.05) is 54.6 Å². The van der Waals surface area contributed by atoms with Gasteiger partial charge in [-0.05, 0) is 60.0 Å². The minimum Gasteiger partial charge on any atom is -0.493 e. The number of halogens is 1. The van der Waals surface area contributed by atoms with E-state index in [0.717, 1.165) is 27.7 Å². The minimum atomic E-state index is -0.442. The third-order valence-electron chi connectivity index (χ3n) is 6.87. The first-order chi connectivity index (χ1) is 19.5. The Morgan fingerprint density at radius 1 is 1.15 bits per heavy atom. The van der Waals surface area contributed by atoms with Crippen LogP contribution in [0.3, 0.4) is 0 Å². The lowest BCUT2D eigenvalue weighted by Gasteiger charge is -2.35. The van der Waals surface area contributed by atoms with Crippen LogP contribution in [0, 0.1) is 0 Å². The predicted molar refractivity (Wildman–Crippen MR) is 155 cm³/mol. The average molecular weight is 562 g/mol. The van der Waals surface area contributed by atoms with Crippen molar-refractivity contribution in [3.8, 4) is 17.2 Å². The SMILES string of the molecule is COc1cc(C2c3[nH]c4ccc(Cl)cc4c3CCN2C(=O)Oc2ccccc2)ccc1OCCCN(N)/C=C\N. The number of hydrogen-bond acceptors (Lipinski definition) is 7. The van der Waals surface area contributed by atoms with Crippen LogP contribution in [0.5, 0.6) is 17.2 Å². The van der Waals surface area contributed by atoms with Gasteiger partial charge < -0.3 is 29.9 Å². The molecule has 0 saturated heterocycles. The standard InChI is InChI=1S/C30H32ClN5O4/c1-38-27-18-20(8-11-26(27)39-17-5-14-35(33)16-13-32)29-28-23(24-19-21(31)9-10-25(24)34-28)12-15-36(29)30(37)40-22-6-3-2-4-7-22/h2-4,6-11,13,16,18-19,29,34H,5,12,14-15,17,32-33H2,1H3/b16-13-. The van der Waals surface area contributed by atoms with E-state index in [9.17, 15) is 4.79 Å². The third kappa shape index (κ3) is 5.80. The van der Waals surface area contributed by atoms with Crippen molar-refractivity contribution in [1.29, 1.82) is 0 Å². The maximum atomic E-state index is 13.5. The first kappa shape index (κ1) is 27.2. The van der Waals surface area contributed by atoms with Gasteiger partial charge in [0.05, 0.1) is 13.7 Å². The van der Waals surface area contributed by atoms with E-state index in [1.165, 1.54) is 11.2 Å². The van der Waals surface area contributed by atoms with Crippen molar-refractivity contribution >= 4 is 28.6 Å². The van der Waals surface area contributed by atoms with Crippen LogP contribution in [0.25, 0.3) is 10.9 Å². The van der Waals surface area contributed by atoms with Gasteiger partial charge in [0.1, 0.15) is 11.8 Å². The van der Waals surface area contributed by atoms with E-state index in [-0.39, 0.29) is 0 Å². The van der Waals surface area contributed by atoms with Gasteiger partial charge in [-0.15, -0.1) is 0 Å². The number of methoxy groups -OCH3 is 1. The summed E-state index contributed by atoms with van der Waals surface area (Å²) in [6.07, 6.45) is 3.90. The van der Waals surface area contributed by atoms with Gasteiger partial charge in [0.25, 0.3) is 0 Å². The Morgan fingerprint density at radius 2 is 1.98 bits per heavy atom. The highest BCUT2D eigenvalue weighted by Gasteiger charge is 2.36. The summed E-state index contributed by atoms with van der Waals surface area (Å²) in [4.78, 5) is 18.8. The van der Waals surface area contributed by atoms with Crippen molar-refractivity contribution < 1.29 is 19.0 Å². The largest absolute Gasteiger partial charge is 0.493 e. The Hall–Kier alpha value is -4.34. The highest BCUT2D eigenvalue weighted by atomic mass is 35.5. The number of hydrazine groups is 1. The molecule has 0 spiro atoms. The number of nitrogens with one attached hydrogen (secondary N) is 1. The second-order valence-electron chi connectivity index (χ2n) is 9.43. The molecule has 4 aromatic rings. The summed E-state index contributed by atoms with van der Waals surface area (Å²) in [6.45, 7) is 1.49. The summed E-state index contributed by atoms with van der Waals surface area (Å²) < 4.78 is 17.5. The molecular formula is C30H32ClN5O4. The van der Waals surface area contributed by atoms with E-state index in [4.69, 9.17) is 37.4 Å². The number of aromatic amines is 1. The van der Waals surface area contributed by atoms with Crippen LogP contribution in [-0.4, -0.2) is 47.8 Å². The minimum absolute atomic E-state index is 0.435.